The second kappa shape index (κ2) is 1.27. The van der Waals surface area contributed by atoms with Crippen LogP contribution in [-0.4, -0.2) is 6.04 Å². The molecule has 1 atom stereocenters. The molecule has 0 aromatic heterocycles. The van der Waals surface area contributed by atoms with Gasteiger partial charge in [-0.25, -0.2) is 0 Å². The van der Waals surface area contributed by atoms with Crippen LogP contribution in [0.4, 0.5) is 0 Å². The van der Waals surface area contributed by atoms with Crippen LogP contribution in [-0.2, 0) is 0 Å². The summed E-state index contributed by atoms with van der Waals surface area (Å²) in [5.41, 5.74) is 6.50. The monoisotopic (exact) mass is 111 g/mol. The summed E-state index contributed by atoms with van der Waals surface area (Å²) in [5, 5.41) is 0. The molecule has 1 spiro atoms. The van der Waals surface area contributed by atoms with Gasteiger partial charge in [-0.15, -0.1) is 0 Å². The number of nitrogens with two attached hydrogens (primary N) is 1. The molecule has 0 heterocycles. The highest BCUT2D eigenvalue weighted by Gasteiger charge is 2.48. The van der Waals surface area contributed by atoms with E-state index >= 15 is 0 Å². The molecule has 1 heteroatoms. The van der Waals surface area contributed by atoms with Gasteiger partial charge in [0.05, 0.1) is 0 Å². The van der Waals surface area contributed by atoms with Gasteiger partial charge in [0.2, 0.25) is 0 Å². The van der Waals surface area contributed by atoms with Gasteiger partial charge in [0, 0.05) is 6.04 Å². The molecule has 0 aliphatic heterocycles. The Balaban J connectivity index is 2.03. The van der Waals surface area contributed by atoms with Gasteiger partial charge < -0.3 is 5.73 Å². The van der Waals surface area contributed by atoms with Crippen molar-refractivity contribution in [3.63, 3.8) is 0 Å². The molecule has 8 heavy (non-hydrogen) atoms. The molecule has 2 aliphatic carbocycles. The average Bonchev–Trinajstić information content (AvgIpc) is 1.58. The van der Waals surface area contributed by atoms with Crippen molar-refractivity contribution in [2.45, 2.75) is 38.1 Å². The van der Waals surface area contributed by atoms with E-state index in [1.54, 1.807) is 0 Å². The Hall–Kier alpha value is -0.0400. The van der Waals surface area contributed by atoms with E-state index in [0.29, 0.717) is 11.5 Å². The predicted molar refractivity (Wildman–Crippen MR) is 33.5 cm³/mol. The third-order valence-electron chi connectivity index (χ3n) is 3.09. The van der Waals surface area contributed by atoms with E-state index in [2.05, 4.69) is 0 Å². The summed E-state index contributed by atoms with van der Waals surface area (Å²) in [6.45, 7) is 0. The van der Waals surface area contributed by atoms with E-state index in [0.717, 1.165) is 0 Å². The van der Waals surface area contributed by atoms with Crippen molar-refractivity contribution in [3.05, 3.63) is 0 Å². The van der Waals surface area contributed by atoms with Crippen LogP contribution in [0.2, 0.25) is 0 Å². The maximum atomic E-state index is 5.82. The third kappa shape index (κ3) is 0.368. The minimum absolute atomic E-state index is 0.580. The van der Waals surface area contributed by atoms with E-state index in [9.17, 15) is 0 Å². The summed E-state index contributed by atoms with van der Waals surface area (Å²) in [7, 11) is 0. The van der Waals surface area contributed by atoms with E-state index in [1.165, 1.54) is 32.1 Å². The van der Waals surface area contributed by atoms with Crippen molar-refractivity contribution in [3.8, 4) is 0 Å². The minimum atomic E-state index is 0.580. The van der Waals surface area contributed by atoms with Crippen molar-refractivity contribution < 1.29 is 0 Å². The molecule has 0 amide bonds. The van der Waals surface area contributed by atoms with Crippen LogP contribution < -0.4 is 5.73 Å². The second-order valence-electron chi connectivity index (χ2n) is 3.36. The molecule has 0 aromatic rings. The Labute approximate surface area is 50.3 Å². The van der Waals surface area contributed by atoms with Crippen LogP contribution in [0, 0.1) is 5.41 Å². The number of hydrogen-bond donors (Lipinski definition) is 1. The highest BCUT2D eigenvalue weighted by molar-refractivity contribution is 5.03. The molecule has 2 rings (SSSR count). The van der Waals surface area contributed by atoms with Gasteiger partial charge in [0.25, 0.3) is 0 Å². The zero-order chi connectivity index (χ0) is 5.61. The van der Waals surface area contributed by atoms with E-state index in [-0.39, 0.29) is 0 Å². The van der Waals surface area contributed by atoms with Crippen molar-refractivity contribution >= 4 is 0 Å². The second-order valence-corrected chi connectivity index (χ2v) is 3.36. The van der Waals surface area contributed by atoms with Gasteiger partial charge in [0.1, 0.15) is 0 Å². The predicted octanol–water partition coefficient (Wildman–Crippen LogP) is 1.28. The lowest BCUT2D eigenvalue weighted by Crippen LogP contribution is -2.54. The molecule has 0 bridgehead atoms. The maximum absolute atomic E-state index is 5.82. The molecule has 2 aliphatic rings. The van der Waals surface area contributed by atoms with E-state index in [4.69, 9.17) is 5.73 Å². The number of hydrogen-bond acceptors (Lipinski definition) is 1. The SMILES string of the molecule is NC1CCC12CCC2. The topological polar surface area (TPSA) is 26.0 Å². The lowest BCUT2D eigenvalue weighted by Gasteiger charge is -2.54. The zero-order valence-electron chi connectivity index (χ0n) is 5.19. The lowest BCUT2D eigenvalue weighted by molar-refractivity contribution is 0.00253. The summed E-state index contributed by atoms with van der Waals surface area (Å²) in [6, 6.07) is 0.580. The van der Waals surface area contributed by atoms with Crippen molar-refractivity contribution in [2.75, 3.05) is 0 Å². The molecule has 1 unspecified atom stereocenters. The molecule has 1 nitrogen and oxygen atoms in total. The third-order valence-corrected chi connectivity index (χ3v) is 3.09. The quantitative estimate of drug-likeness (QED) is 0.500. The Morgan fingerprint density at radius 3 is 2.00 bits per heavy atom. The van der Waals surface area contributed by atoms with E-state index in [1.807, 2.05) is 0 Å². The van der Waals surface area contributed by atoms with Gasteiger partial charge in [-0.1, -0.05) is 6.42 Å². The zero-order valence-corrected chi connectivity index (χ0v) is 5.19. The normalized spacial score (nSPS) is 40.9. The van der Waals surface area contributed by atoms with Crippen molar-refractivity contribution in [2.24, 2.45) is 11.1 Å². The van der Waals surface area contributed by atoms with Gasteiger partial charge in [0.15, 0.2) is 0 Å². The molecular formula is C7H13N. The molecule has 2 fully saturated rings. The van der Waals surface area contributed by atoms with Crippen LogP contribution in [0.5, 0.6) is 0 Å². The summed E-state index contributed by atoms with van der Waals surface area (Å²) in [6.07, 6.45) is 7.00. The maximum Gasteiger partial charge on any atom is 0.00957 e. The Bertz CT molecular complexity index is 99.4. The first kappa shape index (κ1) is 4.80. The summed E-state index contributed by atoms with van der Waals surface area (Å²) >= 11 is 0. The fourth-order valence-electron chi connectivity index (χ4n) is 1.97. The fourth-order valence-corrected chi connectivity index (χ4v) is 1.97. The average molecular weight is 111 g/mol. The first-order valence-electron chi connectivity index (χ1n) is 3.59. The van der Waals surface area contributed by atoms with Gasteiger partial charge >= 0.3 is 0 Å². The van der Waals surface area contributed by atoms with Crippen LogP contribution >= 0.6 is 0 Å². The molecule has 0 saturated heterocycles. The first-order valence-corrected chi connectivity index (χ1v) is 3.59. The lowest BCUT2D eigenvalue weighted by atomic mass is 9.53. The van der Waals surface area contributed by atoms with Crippen LogP contribution in [0.3, 0.4) is 0 Å². The Morgan fingerprint density at radius 2 is 2.00 bits per heavy atom. The minimum Gasteiger partial charge on any atom is -0.327 e. The molecular weight excluding hydrogens is 98.1 g/mol. The standard InChI is InChI=1S/C7H13N/c8-6-2-5-7(6)3-1-4-7/h6H,1-5,8H2. The van der Waals surface area contributed by atoms with Crippen LogP contribution in [0.1, 0.15) is 32.1 Å². The summed E-state index contributed by atoms with van der Waals surface area (Å²) in [5.74, 6) is 0. The summed E-state index contributed by atoms with van der Waals surface area (Å²) < 4.78 is 0. The Kier molecular flexibility index (Phi) is 0.762. The number of rotatable bonds is 0. The highest BCUT2D eigenvalue weighted by Crippen LogP contribution is 2.54. The largest absolute Gasteiger partial charge is 0.327 e. The Morgan fingerprint density at radius 1 is 1.25 bits per heavy atom. The molecule has 2 N–H and O–H groups in total. The highest BCUT2D eigenvalue weighted by atomic mass is 14.8. The molecule has 46 valence electrons. The summed E-state index contributed by atoms with van der Waals surface area (Å²) in [4.78, 5) is 0. The smallest absolute Gasteiger partial charge is 0.00957 e. The fraction of sp³-hybridized carbons (Fsp3) is 1.00. The van der Waals surface area contributed by atoms with Gasteiger partial charge in [-0.3, -0.25) is 0 Å². The van der Waals surface area contributed by atoms with Gasteiger partial charge in [-0.05, 0) is 31.1 Å². The van der Waals surface area contributed by atoms with Crippen molar-refractivity contribution in [1.82, 2.24) is 0 Å². The first-order chi connectivity index (χ1) is 3.83. The molecule has 0 radical (unpaired) electrons. The molecule has 2 saturated carbocycles. The van der Waals surface area contributed by atoms with Crippen LogP contribution in [0.15, 0.2) is 0 Å². The van der Waals surface area contributed by atoms with Crippen molar-refractivity contribution in [1.29, 1.82) is 0 Å². The molecule has 0 aromatic carbocycles. The van der Waals surface area contributed by atoms with Crippen LogP contribution in [0.25, 0.3) is 0 Å². The van der Waals surface area contributed by atoms with E-state index < -0.39 is 0 Å². The van der Waals surface area contributed by atoms with Gasteiger partial charge in [-0.2, -0.15) is 0 Å².